The molecule has 0 saturated carbocycles. The van der Waals surface area contributed by atoms with Crippen LogP contribution in [0.2, 0.25) is 0 Å². The van der Waals surface area contributed by atoms with Crippen LogP contribution in [-0.4, -0.2) is 97.7 Å². The number of allylic oxidation sites excluding steroid dienone is 7. The van der Waals surface area contributed by atoms with Crippen LogP contribution in [0.3, 0.4) is 0 Å². The van der Waals surface area contributed by atoms with E-state index in [2.05, 4.69) is 13.8 Å². The predicted molar refractivity (Wildman–Crippen MR) is 235 cm³/mol. The third kappa shape index (κ3) is 39.4. The molecule has 0 spiro atoms. The first kappa shape index (κ1) is 55.9. The maximum atomic E-state index is 12.5. The summed E-state index contributed by atoms with van der Waals surface area (Å²) in [6.45, 7) is 4.20. The third-order valence-corrected chi connectivity index (χ3v) is 10.5. The van der Waals surface area contributed by atoms with Crippen molar-refractivity contribution >= 4 is 13.8 Å². The maximum absolute atomic E-state index is 12.5. The van der Waals surface area contributed by atoms with Crippen molar-refractivity contribution in [2.24, 2.45) is 0 Å². The van der Waals surface area contributed by atoms with Crippen LogP contribution in [0.25, 0.3) is 0 Å². The number of aliphatic hydroxyl groups excluding tert-OH is 3. The van der Waals surface area contributed by atoms with Crippen molar-refractivity contribution in [1.82, 2.24) is 0 Å². The Kier molecular flexibility index (Phi) is 36.5. The smallest absolute Gasteiger partial charge is 0.305 e. The van der Waals surface area contributed by atoms with E-state index in [0.29, 0.717) is 11.0 Å². The Bertz CT molecular complexity index is 1170. The minimum absolute atomic E-state index is 0.00420. The standard InChI is InChI=1S/C46H84NO10P/c1-6-8-10-11-12-13-14-15-16-17-18-19-20-23-26-30-38-54-43(41-57-58(52,53)56-39-37-47(3,4)5)40-55-46(51)36-31-35-45(50)44(49)34-29-25-22-21-24-28-33-42(48)32-27-9-7-2/h21-22,24-25,28-30,33-34,38,42-45,48-50H,6-20,23,26-27,31-32,35-37,39-41H2,1-5H3/b24-21-,25-22+,33-28+,34-29+,38-30+/t42-,43-,44-,45-/m1/s1. The second-order valence-corrected chi connectivity index (χ2v) is 17.8. The normalized spacial score (nSPS) is 15.9. The summed E-state index contributed by atoms with van der Waals surface area (Å²) in [5, 5.41) is 30.5. The van der Waals surface area contributed by atoms with Gasteiger partial charge in [-0.25, -0.2) is 0 Å². The average molecular weight is 842 g/mol. The van der Waals surface area contributed by atoms with Gasteiger partial charge in [-0.3, -0.25) is 9.36 Å². The summed E-state index contributed by atoms with van der Waals surface area (Å²) in [5.74, 6) is -0.543. The molecule has 3 N–H and O–H groups in total. The third-order valence-electron chi connectivity index (χ3n) is 9.53. The van der Waals surface area contributed by atoms with Gasteiger partial charge in [0.15, 0.2) is 6.10 Å². The van der Waals surface area contributed by atoms with Gasteiger partial charge >= 0.3 is 5.97 Å². The van der Waals surface area contributed by atoms with Gasteiger partial charge in [0.25, 0.3) is 7.82 Å². The highest BCUT2D eigenvalue weighted by atomic mass is 31.2. The lowest BCUT2D eigenvalue weighted by molar-refractivity contribution is -0.870. The van der Waals surface area contributed by atoms with Crippen LogP contribution in [0.1, 0.15) is 155 Å². The number of esters is 1. The summed E-state index contributed by atoms with van der Waals surface area (Å²) in [7, 11) is 1.17. The molecule has 0 aromatic rings. The molecule has 0 heterocycles. The number of rotatable bonds is 40. The quantitative estimate of drug-likeness (QED) is 0.0136. The first-order valence-corrected chi connectivity index (χ1v) is 23.8. The number of unbranched alkanes of at least 4 members (excludes halogenated alkanes) is 16. The molecule has 0 rings (SSSR count). The highest BCUT2D eigenvalue weighted by molar-refractivity contribution is 7.45. The van der Waals surface area contributed by atoms with Crippen molar-refractivity contribution in [2.75, 3.05) is 47.5 Å². The van der Waals surface area contributed by atoms with E-state index < -0.39 is 38.2 Å². The van der Waals surface area contributed by atoms with E-state index in [4.69, 9.17) is 18.5 Å². The van der Waals surface area contributed by atoms with Crippen molar-refractivity contribution in [3.05, 3.63) is 60.9 Å². The molecule has 12 heteroatoms. The summed E-state index contributed by atoms with van der Waals surface area (Å²) in [6, 6.07) is 0. The van der Waals surface area contributed by atoms with Gasteiger partial charge in [0.1, 0.15) is 19.8 Å². The zero-order chi connectivity index (χ0) is 43.2. The highest BCUT2D eigenvalue weighted by Crippen LogP contribution is 2.38. The molecule has 0 bridgehead atoms. The summed E-state index contributed by atoms with van der Waals surface area (Å²) >= 11 is 0. The van der Waals surface area contributed by atoms with Gasteiger partial charge in [-0.2, -0.15) is 0 Å². The van der Waals surface area contributed by atoms with Gasteiger partial charge in [-0.1, -0.05) is 165 Å². The van der Waals surface area contributed by atoms with Crippen LogP contribution in [0, 0.1) is 0 Å². The molecule has 0 aliphatic carbocycles. The number of likely N-dealkylation sites (N-methyl/N-ethyl adjacent to an activating group) is 1. The molecule has 58 heavy (non-hydrogen) atoms. The van der Waals surface area contributed by atoms with Gasteiger partial charge in [-0.15, -0.1) is 0 Å². The Morgan fingerprint density at radius 1 is 0.672 bits per heavy atom. The van der Waals surface area contributed by atoms with Crippen molar-refractivity contribution in [3.63, 3.8) is 0 Å². The fourth-order valence-electron chi connectivity index (χ4n) is 5.80. The fourth-order valence-corrected chi connectivity index (χ4v) is 6.52. The Labute approximate surface area is 353 Å². The first-order valence-electron chi connectivity index (χ1n) is 22.4. The molecule has 0 amide bonds. The maximum Gasteiger partial charge on any atom is 0.305 e. The lowest BCUT2D eigenvalue weighted by atomic mass is 10.0. The minimum atomic E-state index is -4.60. The number of carbonyl (C=O) groups is 1. The Hall–Kier alpha value is -2.08. The second-order valence-electron chi connectivity index (χ2n) is 16.3. The molecule has 5 atom stereocenters. The van der Waals surface area contributed by atoms with Crippen LogP contribution >= 0.6 is 7.82 Å². The van der Waals surface area contributed by atoms with Gasteiger partial charge in [-0.05, 0) is 38.2 Å². The summed E-state index contributed by atoms with van der Waals surface area (Å²) in [5.41, 5.74) is 0. The number of ether oxygens (including phenoxy) is 2. The average Bonchev–Trinajstić information content (AvgIpc) is 3.17. The molecule has 11 nitrogen and oxygen atoms in total. The van der Waals surface area contributed by atoms with E-state index in [1.165, 1.54) is 89.4 Å². The number of phosphoric acid groups is 1. The van der Waals surface area contributed by atoms with Gasteiger partial charge in [0.05, 0.1) is 52.3 Å². The minimum Gasteiger partial charge on any atom is -0.756 e. The molecule has 338 valence electrons. The van der Waals surface area contributed by atoms with Crippen LogP contribution in [0.5, 0.6) is 0 Å². The number of quaternary nitrogens is 1. The number of hydrogen-bond donors (Lipinski definition) is 3. The predicted octanol–water partition coefficient (Wildman–Crippen LogP) is 9.57. The second kappa shape index (κ2) is 37.9. The van der Waals surface area contributed by atoms with Crippen LogP contribution in [0.4, 0.5) is 0 Å². The Morgan fingerprint density at radius 3 is 1.79 bits per heavy atom. The SMILES string of the molecule is CCCCCCCCCCCCCCCC/C=C/O[C@H](COC(=O)CCC[C@@H](O)[C@H](O)/C=C/C=C/C=C\C=C\[C@H](O)CCCCC)COP(=O)([O-])OCC[N+](C)(C)C. The van der Waals surface area contributed by atoms with E-state index in [1.54, 1.807) is 36.5 Å². The van der Waals surface area contributed by atoms with E-state index in [-0.39, 0.29) is 39.1 Å². The molecule has 0 radical (unpaired) electrons. The molecule has 1 unspecified atom stereocenters. The monoisotopic (exact) mass is 842 g/mol. The van der Waals surface area contributed by atoms with E-state index in [0.717, 1.165) is 44.9 Å². The van der Waals surface area contributed by atoms with E-state index in [1.807, 2.05) is 33.3 Å². The fraction of sp³-hybridized carbons (Fsp3) is 0.761. The largest absolute Gasteiger partial charge is 0.756 e. The van der Waals surface area contributed by atoms with Crippen molar-refractivity contribution in [1.29, 1.82) is 0 Å². The van der Waals surface area contributed by atoms with Crippen molar-refractivity contribution < 1.29 is 52.6 Å². The van der Waals surface area contributed by atoms with E-state index >= 15 is 0 Å². The zero-order valence-electron chi connectivity index (χ0n) is 37.1. The van der Waals surface area contributed by atoms with Crippen molar-refractivity contribution in [2.45, 2.75) is 180 Å². The van der Waals surface area contributed by atoms with Crippen LogP contribution in [0.15, 0.2) is 60.9 Å². The molecule has 0 aliphatic heterocycles. The first-order chi connectivity index (χ1) is 27.8. The topological polar surface area (TPSA) is 155 Å². The highest BCUT2D eigenvalue weighted by Gasteiger charge is 2.20. The van der Waals surface area contributed by atoms with Gasteiger partial charge < -0.3 is 43.2 Å². The van der Waals surface area contributed by atoms with Crippen LogP contribution in [-0.2, 0) is 27.9 Å². The van der Waals surface area contributed by atoms with E-state index in [9.17, 15) is 29.6 Å². The van der Waals surface area contributed by atoms with Gasteiger partial charge in [0.2, 0.25) is 0 Å². The molecular weight excluding hydrogens is 757 g/mol. The molecular formula is C46H84NO10P. The number of hydrogen-bond acceptors (Lipinski definition) is 10. The Balaban J connectivity index is 4.61. The molecule has 0 aromatic carbocycles. The number of nitrogens with zero attached hydrogens (tertiary/aromatic N) is 1. The molecule has 0 saturated heterocycles. The van der Waals surface area contributed by atoms with Gasteiger partial charge in [0, 0.05) is 6.42 Å². The number of phosphoric ester groups is 1. The molecule has 0 fully saturated rings. The molecule has 0 aliphatic rings. The lowest BCUT2D eigenvalue weighted by Crippen LogP contribution is -2.37. The zero-order valence-corrected chi connectivity index (χ0v) is 38.0. The summed E-state index contributed by atoms with van der Waals surface area (Å²) < 4.78 is 34.1. The lowest BCUT2D eigenvalue weighted by Gasteiger charge is -2.28. The molecule has 0 aromatic heterocycles. The number of aliphatic hydroxyl groups is 3. The Morgan fingerprint density at radius 2 is 1.21 bits per heavy atom. The summed E-state index contributed by atoms with van der Waals surface area (Å²) in [6.07, 6.45) is 37.0. The van der Waals surface area contributed by atoms with Crippen LogP contribution < -0.4 is 4.89 Å². The number of carbonyl (C=O) groups excluding carboxylic acids is 1. The summed E-state index contributed by atoms with van der Waals surface area (Å²) in [4.78, 5) is 24.9. The van der Waals surface area contributed by atoms with Crippen molar-refractivity contribution in [3.8, 4) is 0 Å².